The Morgan fingerprint density at radius 2 is 1.83 bits per heavy atom. The smallest absolute Gasteiger partial charge is 0.339 e. The first-order valence-electron chi connectivity index (χ1n) is 5.80. The van der Waals surface area contributed by atoms with Gasteiger partial charge in [0.1, 0.15) is 5.56 Å². The highest BCUT2D eigenvalue weighted by Gasteiger charge is 2.12. The molecule has 0 unspecified atom stereocenters. The van der Waals surface area contributed by atoms with Gasteiger partial charge in [-0.05, 0) is 26.3 Å². The van der Waals surface area contributed by atoms with Crippen molar-refractivity contribution in [3.8, 4) is 0 Å². The zero-order valence-electron chi connectivity index (χ0n) is 10.8. The van der Waals surface area contributed by atoms with E-state index in [1.54, 1.807) is 11.6 Å². The number of aromatic nitrogens is 2. The van der Waals surface area contributed by atoms with Gasteiger partial charge in [0.05, 0.1) is 18.4 Å². The summed E-state index contributed by atoms with van der Waals surface area (Å²) in [6, 6.07) is 6.30. The number of hydrogen-bond donors (Lipinski definition) is 1. The number of hydrogen-bond acceptors (Lipinski definition) is 2. The first-order chi connectivity index (χ1) is 8.47. The quantitative estimate of drug-likeness (QED) is 0.902. The lowest BCUT2D eigenvalue weighted by Crippen LogP contribution is -2.06. The Hall–Kier alpha value is -2.10. The second-order valence-electron chi connectivity index (χ2n) is 4.60. The van der Waals surface area contributed by atoms with Crippen molar-refractivity contribution in [2.24, 2.45) is 0 Å². The van der Waals surface area contributed by atoms with Crippen LogP contribution in [0, 0.1) is 20.8 Å². The van der Waals surface area contributed by atoms with Crippen LogP contribution in [-0.2, 0) is 6.54 Å². The molecule has 0 aliphatic rings. The molecule has 18 heavy (non-hydrogen) atoms. The largest absolute Gasteiger partial charge is 0.478 e. The fraction of sp³-hybridized carbons (Fsp3) is 0.286. The van der Waals surface area contributed by atoms with Crippen molar-refractivity contribution in [2.75, 3.05) is 0 Å². The molecule has 0 aliphatic carbocycles. The number of carboxylic acid groups (broad SMARTS) is 1. The van der Waals surface area contributed by atoms with E-state index in [9.17, 15) is 4.79 Å². The van der Waals surface area contributed by atoms with Crippen molar-refractivity contribution in [1.82, 2.24) is 9.78 Å². The van der Waals surface area contributed by atoms with Gasteiger partial charge in [-0.15, -0.1) is 0 Å². The number of rotatable bonds is 3. The molecule has 4 nitrogen and oxygen atoms in total. The summed E-state index contributed by atoms with van der Waals surface area (Å²) < 4.78 is 1.72. The minimum atomic E-state index is -0.931. The third kappa shape index (κ3) is 2.42. The summed E-state index contributed by atoms with van der Waals surface area (Å²) in [5.74, 6) is -0.931. The first kappa shape index (κ1) is 12.4. The average Bonchev–Trinajstić information content (AvgIpc) is 2.59. The minimum Gasteiger partial charge on any atom is -0.478 e. The van der Waals surface area contributed by atoms with E-state index in [0.717, 1.165) is 5.56 Å². The maximum atomic E-state index is 10.9. The molecule has 0 radical (unpaired) electrons. The zero-order chi connectivity index (χ0) is 13.3. The van der Waals surface area contributed by atoms with Crippen molar-refractivity contribution in [3.63, 3.8) is 0 Å². The van der Waals surface area contributed by atoms with Crippen LogP contribution < -0.4 is 0 Å². The minimum absolute atomic E-state index is 0.263. The highest BCUT2D eigenvalue weighted by atomic mass is 16.4. The molecule has 2 rings (SSSR count). The Labute approximate surface area is 106 Å². The second kappa shape index (κ2) is 4.64. The fourth-order valence-corrected chi connectivity index (χ4v) is 2.15. The Morgan fingerprint density at radius 3 is 2.33 bits per heavy atom. The van der Waals surface area contributed by atoms with Gasteiger partial charge in [-0.2, -0.15) is 5.10 Å². The summed E-state index contributed by atoms with van der Waals surface area (Å²) in [7, 11) is 0. The van der Waals surface area contributed by atoms with Crippen LogP contribution in [0.2, 0.25) is 0 Å². The van der Waals surface area contributed by atoms with Crippen LogP contribution in [0.1, 0.15) is 32.7 Å². The van der Waals surface area contributed by atoms with E-state index in [2.05, 4.69) is 37.1 Å². The van der Waals surface area contributed by atoms with Gasteiger partial charge in [0.2, 0.25) is 0 Å². The Morgan fingerprint density at radius 1 is 1.22 bits per heavy atom. The summed E-state index contributed by atoms with van der Waals surface area (Å²) in [4.78, 5) is 10.9. The van der Waals surface area contributed by atoms with E-state index in [1.807, 2.05) is 0 Å². The molecule has 0 saturated heterocycles. The molecule has 0 fully saturated rings. The molecule has 4 heteroatoms. The highest BCUT2D eigenvalue weighted by Crippen LogP contribution is 2.13. The molecule has 1 aromatic carbocycles. The van der Waals surface area contributed by atoms with Gasteiger partial charge < -0.3 is 5.11 Å². The van der Waals surface area contributed by atoms with Crippen molar-refractivity contribution in [2.45, 2.75) is 27.3 Å². The van der Waals surface area contributed by atoms with Crippen molar-refractivity contribution >= 4 is 5.97 Å². The van der Waals surface area contributed by atoms with E-state index in [1.165, 1.54) is 17.3 Å². The van der Waals surface area contributed by atoms with E-state index < -0.39 is 5.97 Å². The van der Waals surface area contributed by atoms with Gasteiger partial charge >= 0.3 is 5.97 Å². The number of carboxylic acids is 1. The predicted molar refractivity (Wildman–Crippen MR) is 68.9 cm³/mol. The third-order valence-corrected chi connectivity index (χ3v) is 2.95. The normalized spacial score (nSPS) is 10.6. The van der Waals surface area contributed by atoms with Gasteiger partial charge in [0, 0.05) is 0 Å². The number of benzene rings is 1. The SMILES string of the molecule is Cc1cc(C)cc(Cn2ncc(C(=O)O)c2C)c1. The van der Waals surface area contributed by atoms with Crippen LogP contribution in [0.15, 0.2) is 24.4 Å². The molecule has 0 saturated carbocycles. The lowest BCUT2D eigenvalue weighted by Gasteiger charge is -2.07. The molecule has 0 aliphatic heterocycles. The van der Waals surface area contributed by atoms with Crippen LogP contribution in [-0.4, -0.2) is 20.9 Å². The first-order valence-corrected chi connectivity index (χ1v) is 5.80. The number of carbonyl (C=O) groups is 1. The third-order valence-electron chi connectivity index (χ3n) is 2.95. The Balaban J connectivity index is 2.31. The summed E-state index contributed by atoms with van der Waals surface area (Å²) in [5.41, 5.74) is 4.48. The maximum Gasteiger partial charge on any atom is 0.339 e. The fourth-order valence-electron chi connectivity index (χ4n) is 2.15. The maximum absolute atomic E-state index is 10.9. The summed E-state index contributed by atoms with van der Waals surface area (Å²) >= 11 is 0. The van der Waals surface area contributed by atoms with Crippen molar-refractivity contribution in [1.29, 1.82) is 0 Å². The molecule has 2 aromatic rings. The van der Waals surface area contributed by atoms with Gasteiger partial charge in [-0.25, -0.2) is 4.79 Å². The van der Waals surface area contributed by atoms with Gasteiger partial charge in [-0.3, -0.25) is 4.68 Å². The molecular formula is C14H16N2O2. The second-order valence-corrected chi connectivity index (χ2v) is 4.60. The van der Waals surface area contributed by atoms with Crippen LogP contribution in [0.5, 0.6) is 0 Å². The molecule has 1 aromatic heterocycles. The lowest BCUT2D eigenvalue weighted by atomic mass is 10.1. The van der Waals surface area contributed by atoms with E-state index in [-0.39, 0.29) is 5.56 Å². The Bertz CT molecular complexity index is 580. The van der Waals surface area contributed by atoms with E-state index in [0.29, 0.717) is 12.2 Å². The summed E-state index contributed by atoms with van der Waals surface area (Å²) in [6.07, 6.45) is 1.40. The predicted octanol–water partition coefficient (Wildman–Crippen LogP) is 2.55. The van der Waals surface area contributed by atoms with Gasteiger partial charge in [-0.1, -0.05) is 29.3 Å². The molecule has 0 amide bonds. The van der Waals surface area contributed by atoms with E-state index >= 15 is 0 Å². The lowest BCUT2D eigenvalue weighted by molar-refractivity contribution is 0.0696. The number of nitrogens with zero attached hydrogens (tertiary/aromatic N) is 2. The molecule has 0 atom stereocenters. The number of aryl methyl sites for hydroxylation is 2. The molecule has 1 heterocycles. The van der Waals surface area contributed by atoms with Crippen LogP contribution >= 0.6 is 0 Å². The highest BCUT2D eigenvalue weighted by molar-refractivity contribution is 5.88. The van der Waals surface area contributed by atoms with Crippen LogP contribution in [0.3, 0.4) is 0 Å². The molecule has 0 bridgehead atoms. The van der Waals surface area contributed by atoms with Gasteiger partial charge in [0.15, 0.2) is 0 Å². The molecule has 1 N–H and O–H groups in total. The van der Waals surface area contributed by atoms with Crippen molar-refractivity contribution < 1.29 is 9.90 Å². The topological polar surface area (TPSA) is 55.1 Å². The van der Waals surface area contributed by atoms with E-state index in [4.69, 9.17) is 5.11 Å². The van der Waals surface area contributed by atoms with Crippen LogP contribution in [0.4, 0.5) is 0 Å². The van der Waals surface area contributed by atoms with Gasteiger partial charge in [0.25, 0.3) is 0 Å². The monoisotopic (exact) mass is 244 g/mol. The summed E-state index contributed by atoms with van der Waals surface area (Å²) in [6.45, 7) is 6.48. The average molecular weight is 244 g/mol. The molecular weight excluding hydrogens is 228 g/mol. The van der Waals surface area contributed by atoms with Crippen LogP contribution in [0.25, 0.3) is 0 Å². The molecule has 0 spiro atoms. The Kier molecular flexibility index (Phi) is 3.19. The summed E-state index contributed by atoms with van der Waals surface area (Å²) in [5, 5.41) is 13.1. The molecule has 94 valence electrons. The zero-order valence-corrected chi connectivity index (χ0v) is 10.8. The standard InChI is InChI=1S/C14H16N2O2/c1-9-4-10(2)6-12(5-9)8-16-11(3)13(7-15-16)14(17)18/h4-7H,8H2,1-3H3,(H,17,18). The number of aromatic carboxylic acids is 1. The van der Waals surface area contributed by atoms with Crippen molar-refractivity contribution in [3.05, 3.63) is 52.3 Å².